The number of nitrogens with zero attached hydrogens (tertiary/aromatic N) is 1. The molecule has 1 fully saturated rings. The molecule has 4 rings (SSSR count). The molecule has 3 aromatic rings. The quantitative estimate of drug-likeness (QED) is 0.550. The summed E-state index contributed by atoms with van der Waals surface area (Å²) in [6.45, 7) is 2.00. The van der Waals surface area contributed by atoms with E-state index in [2.05, 4.69) is 5.32 Å². The predicted molar refractivity (Wildman–Crippen MR) is 125 cm³/mol. The number of hydrogen-bond donors (Lipinski definition) is 1. The molecule has 1 aliphatic rings. The molecule has 0 radical (unpaired) electrons. The third-order valence-corrected chi connectivity index (χ3v) is 7.22. The van der Waals surface area contributed by atoms with Gasteiger partial charge in [-0.2, -0.15) is 4.31 Å². The molecule has 3 aromatic carbocycles. The molecule has 172 valence electrons. The van der Waals surface area contributed by atoms with E-state index in [4.69, 9.17) is 9.47 Å². The Kier molecular flexibility index (Phi) is 7.39. The molecule has 1 saturated heterocycles. The molecule has 1 amide bonds. The highest BCUT2D eigenvalue weighted by molar-refractivity contribution is 7.89. The zero-order valence-corrected chi connectivity index (χ0v) is 19.0. The fourth-order valence-electron chi connectivity index (χ4n) is 3.51. The molecule has 0 saturated carbocycles. The first-order valence-electron chi connectivity index (χ1n) is 10.8. The number of amides is 1. The second kappa shape index (κ2) is 10.6. The first-order chi connectivity index (χ1) is 16.0. The number of morpholine rings is 1. The number of hydrogen-bond acceptors (Lipinski definition) is 5. The lowest BCUT2D eigenvalue weighted by Gasteiger charge is -2.26. The molecular weight excluding hydrogens is 440 g/mol. The van der Waals surface area contributed by atoms with Crippen LogP contribution >= 0.6 is 0 Å². The van der Waals surface area contributed by atoms with E-state index in [0.29, 0.717) is 56.3 Å². The van der Waals surface area contributed by atoms with E-state index in [-0.39, 0.29) is 10.8 Å². The van der Waals surface area contributed by atoms with Gasteiger partial charge in [-0.25, -0.2) is 8.42 Å². The van der Waals surface area contributed by atoms with Crippen LogP contribution in [0.25, 0.3) is 0 Å². The summed E-state index contributed by atoms with van der Waals surface area (Å²) in [6, 6.07) is 23.2. The van der Waals surface area contributed by atoms with Gasteiger partial charge in [-0.05, 0) is 54.4 Å². The van der Waals surface area contributed by atoms with Crippen LogP contribution in [0.3, 0.4) is 0 Å². The predicted octanol–water partition coefficient (Wildman–Crippen LogP) is 3.47. The number of carbonyl (C=O) groups is 1. The van der Waals surface area contributed by atoms with E-state index < -0.39 is 10.0 Å². The molecule has 0 aromatic heterocycles. The van der Waals surface area contributed by atoms with Crippen molar-refractivity contribution in [3.63, 3.8) is 0 Å². The Hall–Kier alpha value is -3.20. The summed E-state index contributed by atoms with van der Waals surface area (Å²) in [5, 5.41) is 2.90. The Labute approximate surface area is 194 Å². The highest BCUT2D eigenvalue weighted by atomic mass is 32.2. The van der Waals surface area contributed by atoms with Crippen LogP contribution in [0.4, 0.5) is 0 Å². The molecule has 33 heavy (non-hydrogen) atoms. The van der Waals surface area contributed by atoms with E-state index in [9.17, 15) is 13.2 Å². The van der Waals surface area contributed by atoms with E-state index in [1.165, 1.54) is 4.31 Å². The van der Waals surface area contributed by atoms with Gasteiger partial charge in [0.25, 0.3) is 5.91 Å². The number of ether oxygens (including phenoxy) is 2. The van der Waals surface area contributed by atoms with Crippen LogP contribution < -0.4 is 10.1 Å². The SMILES string of the molecule is O=C(NCCc1ccc(S(=O)(=O)N2CCOCC2)cc1)c1cccc(Oc2ccccc2)c1. The van der Waals surface area contributed by atoms with Crippen LogP contribution in [0.2, 0.25) is 0 Å². The Morgan fingerprint density at radius 3 is 2.33 bits per heavy atom. The van der Waals surface area contributed by atoms with Gasteiger partial charge >= 0.3 is 0 Å². The zero-order chi connectivity index (χ0) is 23.1. The van der Waals surface area contributed by atoms with E-state index in [0.717, 1.165) is 5.56 Å². The molecule has 0 aliphatic carbocycles. The van der Waals surface area contributed by atoms with Crippen LogP contribution in [-0.4, -0.2) is 51.5 Å². The Bertz CT molecular complexity index is 1170. The van der Waals surface area contributed by atoms with E-state index >= 15 is 0 Å². The van der Waals surface area contributed by atoms with Gasteiger partial charge < -0.3 is 14.8 Å². The normalized spacial score (nSPS) is 14.5. The summed E-state index contributed by atoms with van der Waals surface area (Å²) < 4.78 is 37.9. The average Bonchev–Trinajstić information content (AvgIpc) is 2.86. The van der Waals surface area contributed by atoms with Crippen molar-refractivity contribution in [2.75, 3.05) is 32.8 Å². The number of para-hydroxylation sites is 1. The Balaban J connectivity index is 1.30. The number of rotatable bonds is 8. The Morgan fingerprint density at radius 2 is 1.61 bits per heavy atom. The minimum absolute atomic E-state index is 0.194. The van der Waals surface area contributed by atoms with Crippen molar-refractivity contribution >= 4 is 15.9 Å². The van der Waals surface area contributed by atoms with Crippen LogP contribution in [0.1, 0.15) is 15.9 Å². The zero-order valence-electron chi connectivity index (χ0n) is 18.1. The lowest BCUT2D eigenvalue weighted by Crippen LogP contribution is -2.40. The van der Waals surface area contributed by atoms with Crippen LogP contribution in [0.5, 0.6) is 11.5 Å². The monoisotopic (exact) mass is 466 g/mol. The van der Waals surface area contributed by atoms with Crippen molar-refractivity contribution in [1.29, 1.82) is 0 Å². The minimum Gasteiger partial charge on any atom is -0.457 e. The molecule has 0 atom stereocenters. The molecule has 0 spiro atoms. The van der Waals surface area contributed by atoms with Crippen molar-refractivity contribution in [2.24, 2.45) is 0 Å². The summed E-state index contributed by atoms with van der Waals surface area (Å²) in [5.41, 5.74) is 1.45. The second-order valence-corrected chi connectivity index (χ2v) is 9.55. The maximum atomic E-state index is 12.7. The van der Waals surface area contributed by atoms with E-state index in [1.807, 2.05) is 30.3 Å². The van der Waals surface area contributed by atoms with Gasteiger partial charge in [-0.1, -0.05) is 36.4 Å². The first kappa shape index (κ1) is 23.0. The highest BCUT2D eigenvalue weighted by Gasteiger charge is 2.26. The molecule has 0 bridgehead atoms. The summed E-state index contributed by atoms with van der Waals surface area (Å²) >= 11 is 0. The van der Waals surface area contributed by atoms with Gasteiger partial charge in [0, 0.05) is 25.2 Å². The summed E-state index contributed by atoms with van der Waals surface area (Å²) in [7, 11) is -3.50. The molecule has 7 nitrogen and oxygen atoms in total. The van der Waals surface area contributed by atoms with Gasteiger partial charge in [0.15, 0.2) is 0 Å². The van der Waals surface area contributed by atoms with Crippen molar-refractivity contribution in [2.45, 2.75) is 11.3 Å². The number of carbonyl (C=O) groups excluding carboxylic acids is 1. The standard InChI is InChI=1S/C25H26N2O5S/c28-25(21-5-4-8-23(19-21)32-22-6-2-1-3-7-22)26-14-13-20-9-11-24(12-10-20)33(29,30)27-15-17-31-18-16-27/h1-12,19H,13-18H2,(H,26,28). The first-order valence-corrected chi connectivity index (χ1v) is 12.2. The molecule has 8 heteroatoms. The van der Waals surface area contributed by atoms with Gasteiger partial charge in [-0.15, -0.1) is 0 Å². The fourth-order valence-corrected chi connectivity index (χ4v) is 4.92. The number of nitrogens with one attached hydrogen (secondary N) is 1. The van der Waals surface area contributed by atoms with Crippen molar-refractivity contribution in [1.82, 2.24) is 9.62 Å². The third-order valence-electron chi connectivity index (χ3n) is 5.31. The summed E-state index contributed by atoms with van der Waals surface area (Å²) in [5.74, 6) is 1.10. The topological polar surface area (TPSA) is 84.9 Å². The molecule has 0 unspecified atom stereocenters. The second-order valence-electron chi connectivity index (χ2n) is 7.61. The van der Waals surface area contributed by atoms with Crippen LogP contribution in [0, 0.1) is 0 Å². The fraction of sp³-hybridized carbons (Fsp3) is 0.240. The smallest absolute Gasteiger partial charge is 0.251 e. The molecule has 1 heterocycles. The highest BCUT2D eigenvalue weighted by Crippen LogP contribution is 2.22. The van der Waals surface area contributed by atoms with Crippen LogP contribution in [-0.2, 0) is 21.2 Å². The molecule has 1 N–H and O–H groups in total. The minimum atomic E-state index is -3.50. The summed E-state index contributed by atoms with van der Waals surface area (Å²) in [6.07, 6.45) is 0.587. The van der Waals surface area contributed by atoms with Crippen molar-refractivity contribution < 1.29 is 22.7 Å². The molecule has 1 aliphatic heterocycles. The lowest BCUT2D eigenvalue weighted by atomic mass is 10.1. The van der Waals surface area contributed by atoms with Crippen molar-refractivity contribution in [3.8, 4) is 11.5 Å². The van der Waals surface area contributed by atoms with Gasteiger partial charge in [0.2, 0.25) is 10.0 Å². The van der Waals surface area contributed by atoms with Gasteiger partial charge in [0.1, 0.15) is 11.5 Å². The Morgan fingerprint density at radius 1 is 0.909 bits per heavy atom. The lowest BCUT2D eigenvalue weighted by molar-refractivity contribution is 0.0730. The maximum Gasteiger partial charge on any atom is 0.251 e. The van der Waals surface area contributed by atoms with Crippen LogP contribution in [0.15, 0.2) is 83.8 Å². The third kappa shape index (κ3) is 5.98. The molecular formula is C25H26N2O5S. The number of benzene rings is 3. The van der Waals surface area contributed by atoms with Crippen molar-refractivity contribution in [3.05, 3.63) is 90.0 Å². The van der Waals surface area contributed by atoms with E-state index in [1.54, 1.807) is 48.5 Å². The number of sulfonamides is 1. The van der Waals surface area contributed by atoms with Gasteiger partial charge in [-0.3, -0.25) is 4.79 Å². The maximum absolute atomic E-state index is 12.7. The summed E-state index contributed by atoms with van der Waals surface area (Å²) in [4.78, 5) is 12.8. The largest absolute Gasteiger partial charge is 0.457 e. The van der Waals surface area contributed by atoms with Gasteiger partial charge in [0.05, 0.1) is 18.1 Å². The average molecular weight is 467 g/mol.